The van der Waals surface area contributed by atoms with Crippen LogP contribution >= 0.6 is 7.82 Å². The normalized spacial score (nSPS) is 32.6. The van der Waals surface area contributed by atoms with E-state index in [2.05, 4.69) is 4.52 Å². The first-order chi connectivity index (χ1) is 7.03. The highest BCUT2D eigenvalue weighted by Gasteiger charge is 2.55. The summed E-state index contributed by atoms with van der Waals surface area (Å²) in [6.07, 6.45) is -0.243. The maximum Gasteiger partial charge on any atom is 0.472 e. The van der Waals surface area contributed by atoms with Crippen molar-refractivity contribution in [3.05, 3.63) is 0 Å². The number of rotatable bonds is 3. The van der Waals surface area contributed by atoms with Gasteiger partial charge in [0.2, 0.25) is 0 Å². The molecular weight excluding hydrogens is 233 g/mol. The smallest absolute Gasteiger partial charge is 0.302 e. The predicted molar refractivity (Wildman–Crippen MR) is 57.0 cm³/mol. The Morgan fingerprint density at radius 2 is 1.88 bits per heavy atom. The van der Waals surface area contributed by atoms with E-state index in [0.717, 1.165) is 12.2 Å². The molecule has 1 saturated heterocycles. The van der Waals surface area contributed by atoms with E-state index in [1.165, 1.54) is 0 Å². The lowest BCUT2D eigenvalue weighted by molar-refractivity contribution is -0.250. The predicted octanol–water partition coefficient (Wildman–Crippen LogP) is 1.73. The quantitative estimate of drug-likeness (QED) is 0.774. The van der Waals surface area contributed by atoms with Gasteiger partial charge in [-0.15, -0.1) is 10.3 Å². The van der Waals surface area contributed by atoms with Gasteiger partial charge in [0.05, 0.1) is 11.6 Å². The molecule has 2 atom stereocenters. The lowest BCUT2D eigenvalue weighted by Gasteiger charge is -2.33. The minimum atomic E-state index is -4.05. The van der Waals surface area contributed by atoms with Crippen LogP contribution in [0, 0.1) is 0 Å². The number of phosphoric ester groups is 1. The van der Waals surface area contributed by atoms with Gasteiger partial charge in [0.15, 0.2) is 0 Å². The lowest BCUT2D eigenvalue weighted by Crippen LogP contribution is -2.47. The molecule has 0 amide bonds. The molecule has 16 heavy (non-hydrogen) atoms. The summed E-state index contributed by atoms with van der Waals surface area (Å²) < 4.78 is 20.7. The molecule has 0 aromatic carbocycles. The van der Waals surface area contributed by atoms with E-state index in [1.54, 1.807) is 27.7 Å². The van der Waals surface area contributed by atoms with Crippen LogP contribution in [0.2, 0.25) is 0 Å². The van der Waals surface area contributed by atoms with E-state index in [4.69, 9.17) is 4.52 Å². The van der Waals surface area contributed by atoms with Gasteiger partial charge in [-0.2, -0.15) is 0 Å². The molecule has 2 unspecified atom stereocenters. The van der Waals surface area contributed by atoms with Crippen molar-refractivity contribution in [3.8, 4) is 0 Å². The van der Waals surface area contributed by atoms with Gasteiger partial charge in [-0.3, -0.25) is 9.05 Å². The van der Waals surface area contributed by atoms with E-state index < -0.39 is 25.0 Å². The molecule has 6 nitrogen and oxygen atoms in total. The Morgan fingerprint density at radius 3 is 2.19 bits per heavy atom. The van der Waals surface area contributed by atoms with Crippen LogP contribution in [0.5, 0.6) is 0 Å². The number of phosphoric acid groups is 1. The number of nitrogens with zero attached hydrogens (tertiary/aromatic N) is 1. The van der Waals surface area contributed by atoms with Gasteiger partial charge in [0, 0.05) is 12.6 Å². The Labute approximate surface area is 95.7 Å². The second-order valence-corrected chi connectivity index (χ2v) is 6.72. The van der Waals surface area contributed by atoms with Crippen molar-refractivity contribution in [2.75, 3.05) is 7.11 Å². The Hall–Kier alpha value is 0.0300. The van der Waals surface area contributed by atoms with E-state index in [9.17, 15) is 14.7 Å². The molecule has 0 bridgehead atoms. The van der Waals surface area contributed by atoms with Crippen molar-refractivity contribution in [3.63, 3.8) is 0 Å². The highest BCUT2D eigenvalue weighted by Crippen LogP contribution is 2.51. The average molecular weight is 252 g/mol. The molecule has 1 aliphatic rings. The van der Waals surface area contributed by atoms with E-state index in [-0.39, 0.29) is 0 Å². The molecular formula is C9H19NO5P. The van der Waals surface area contributed by atoms with Crippen molar-refractivity contribution >= 4 is 7.82 Å². The third kappa shape index (κ3) is 2.47. The molecule has 1 fully saturated rings. The summed E-state index contributed by atoms with van der Waals surface area (Å²) in [6, 6.07) is 0. The Balaban J connectivity index is 2.88. The topological polar surface area (TPSA) is 78.9 Å². The molecule has 95 valence electrons. The Bertz CT molecular complexity index is 317. The fraction of sp³-hybridized carbons (Fsp3) is 1.00. The van der Waals surface area contributed by atoms with Gasteiger partial charge in [0.1, 0.15) is 0 Å². The molecule has 7 heteroatoms. The van der Waals surface area contributed by atoms with Crippen LogP contribution in [0.15, 0.2) is 0 Å². The summed E-state index contributed by atoms with van der Waals surface area (Å²) in [7, 11) is -2.95. The van der Waals surface area contributed by atoms with E-state index in [0.29, 0.717) is 6.42 Å². The van der Waals surface area contributed by atoms with Crippen LogP contribution in [0.1, 0.15) is 34.1 Å². The molecule has 0 aromatic rings. The zero-order chi connectivity index (χ0) is 12.8. The molecule has 1 aliphatic heterocycles. The van der Waals surface area contributed by atoms with Crippen molar-refractivity contribution in [1.82, 2.24) is 5.06 Å². The maximum absolute atomic E-state index is 12.0. The van der Waals surface area contributed by atoms with Crippen LogP contribution < -0.4 is 0 Å². The fourth-order valence-corrected chi connectivity index (χ4v) is 2.81. The number of hydroxylamine groups is 2. The fourth-order valence-electron chi connectivity index (χ4n) is 2.07. The number of hydrogen-bond donors (Lipinski definition) is 1. The van der Waals surface area contributed by atoms with Crippen LogP contribution in [-0.4, -0.2) is 34.2 Å². The monoisotopic (exact) mass is 252 g/mol. The largest absolute Gasteiger partial charge is 0.472 e. The summed E-state index contributed by atoms with van der Waals surface area (Å²) in [4.78, 5) is 9.26. The maximum atomic E-state index is 12.0. The van der Waals surface area contributed by atoms with Gasteiger partial charge in [0.25, 0.3) is 0 Å². The summed E-state index contributed by atoms with van der Waals surface area (Å²) >= 11 is 0. The Morgan fingerprint density at radius 1 is 1.38 bits per heavy atom. The van der Waals surface area contributed by atoms with Crippen LogP contribution in [-0.2, 0) is 18.8 Å². The average Bonchev–Trinajstić information content (AvgIpc) is 2.27. The van der Waals surface area contributed by atoms with Gasteiger partial charge in [-0.05, 0) is 34.1 Å². The van der Waals surface area contributed by atoms with Crippen molar-refractivity contribution in [1.29, 1.82) is 0 Å². The van der Waals surface area contributed by atoms with Gasteiger partial charge < -0.3 is 4.89 Å². The van der Waals surface area contributed by atoms with Crippen molar-refractivity contribution in [2.45, 2.75) is 51.3 Å². The van der Waals surface area contributed by atoms with Crippen LogP contribution in [0.4, 0.5) is 0 Å². The lowest BCUT2D eigenvalue weighted by atomic mass is 9.97. The molecule has 1 heterocycles. The summed E-state index contributed by atoms with van der Waals surface area (Å²) in [5.74, 6) is 0. The summed E-state index contributed by atoms with van der Waals surface area (Å²) in [5, 5.41) is 12.9. The second-order valence-electron chi connectivity index (χ2n) is 5.21. The first-order valence-electron chi connectivity index (χ1n) is 5.07. The molecule has 0 spiro atoms. The van der Waals surface area contributed by atoms with Gasteiger partial charge in [-0.25, -0.2) is 4.57 Å². The minimum absolute atomic E-state index is 0.386. The first kappa shape index (κ1) is 14.1. The SMILES string of the molecule is COP(=O)(O)OC1CC(C)(C)N([O])C1(C)C. The molecule has 0 saturated carbocycles. The summed E-state index contributed by atoms with van der Waals surface area (Å²) in [5.41, 5.74) is -1.46. The zero-order valence-corrected chi connectivity index (χ0v) is 11.2. The molecule has 1 radical (unpaired) electrons. The third-order valence-electron chi connectivity index (χ3n) is 3.04. The van der Waals surface area contributed by atoms with Crippen molar-refractivity contribution in [2.24, 2.45) is 0 Å². The third-order valence-corrected chi connectivity index (χ3v) is 4.02. The zero-order valence-electron chi connectivity index (χ0n) is 10.3. The second kappa shape index (κ2) is 4.05. The molecule has 0 aliphatic carbocycles. The number of hydrogen-bond acceptors (Lipinski definition) is 4. The molecule has 1 N–H and O–H groups in total. The minimum Gasteiger partial charge on any atom is -0.302 e. The van der Waals surface area contributed by atoms with Gasteiger partial charge in [-0.1, -0.05) is 0 Å². The first-order valence-corrected chi connectivity index (χ1v) is 6.57. The molecule has 0 aromatic heterocycles. The molecule has 1 rings (SSSR count). The van der Waals surface area contributed by atoms with Crippen molar-refractivity contribution < 1.29 is 23.7 Å². The standard InChI is InChI=1S/C9H19NO5P/c1-8(2)6-7(9(3,4)10(8)11)15-16(12,13)14-5/h7H,6H2,1-5H3,(H,12,13). The van der Waals surface area contributed by atoms with E-state index >= 15 is 0 Å². The van der Waals surface area contributed by atoms with E-state index in [1.807, 2.05) is 0 Å². The highest BCUT2D eigenvalue weighted by atomic mass is 31.2. The summed E-state index contributed by atoms with van der Waals surface area (Å²) in [6.45, 7) is 6.94. The van der Waals surface area contributed by atoms with Gasteiger partial charge >= 0.3 is 7.82 Å². The highest BCUT2D eigenvalue weighted by molar-refractivity contribution is 7.47. The van der Waals surface area contributed by atoms with Crippen LogP contribution in [0.25, 0.3) is 0 Å². The van der Waals surface area contributed by atoms with Crippen LogP contribution in [0.3, 0.4) is 0 Å². The Kier molecular flexibility index (Phi) is 3.57.